The fourth-order valence-electron chi connectivity index (χ4n) is 1.14. The van der Waals surface area contributed by atoms with Gasteiger partial charge < -0.3 is 10.5 Å². The van der Waals surface area contributed by atoms with Gasteiger partial charge in [-0.2, -0.15) is 0 Å². The first kappa shape index (κ1) is 9.58. The van der Waals surface area contributed by atoms with Gasteiger partial charge >= 0.3 is 0 Å². The molecule has 0 heterocycles. The van der Waals surface area contributed by atoms with Crippen LogP contribution in [0.5, 0.6) is 5.75 Å². The van der Waals surface area contributed by atoms with Gasteiger partial charge in [0.15, 0.2) is 5.78 Å². The molecule has 0 saturated heterocycles. The summed E-state index contributed by atoms with van der Waals surface area (Å²) in [6.45, 7) is 3.37. The van der Waals surface area contributed by atoms with Crippen LogP contribution < -0.4 is 10.5 Å². The van der Waals surface area contributed by atoms with Crippen molar-refractivity contribution in [2.24, 2.45) is 0 Å². The van der Waals surface area contributed by atoms with Crippen molar-refractivity contribution in [3.63, 3.8) is 0 Å². The van der Waals surface area contributed by atoms with Crippen molar-refractivity contribution in [1.82, 2.24) is 0 Å². The third-order valence-electron chi connectivity index (χ3n) is 1.98. The standard InChI is InChI=1S/C10H13NO2/c1-6-4-8(7(2)12)5-9(13-3)10(6)11/h4-5H,11H2,1-3H3. The van der Waals surface area contributed by atoms with Gasteiger partial charge in [0.2, 0.25) is 0 Å². The fraction of sp³-hybridized carbons (Fsp3) is 0.300. The van der Waals surface area contributed by atoms with Crippen LogP contribution in [0, 0.1) is 6.92 Å². The summed E-state index contributed by atoms with van der Waals surface area (Å²) in [5.41, 5.74) is 7.81. The van der Waals surface area contributed by atoms with E-state index >= 15 is 0 Å². The lowest BCUT2D eigenvalue weighted by atomic mass is 10.1. The second-order valence-electron chi connectivity index (χ2n) is 2.97. The predicted molar refractivity (Wildman–Crippen MR) is 52.1 cm³/mol. The van der Waals surface area contributed by atoms with E-state index in [1.165, 1.54) is 14.0 Å². The highest BCUT2D eigenvalue weighted by molar-refractivity contribution is 5.95. The Morgan fingerprint density at radius 3 is 2.54 bits per heavy atom. The Morgan fingerprint density at radius 2 is 2.08 bits per heavy atom. The molecule has 0 aliphatic rings. The molecule has 0 amide bonds. The Hall–Kier alpha value is -1.51. The van der Waals surface area contributed by atoms with Gasteiger partial charge in [-0.15, -0.1) is 0 Å². The third-order valence-corrected chi connectivity index (χ3v) is 1.98. The number of ether oxygens (including phenoxy) is 1. The normalized spacial score (nSPS) is 9.77. The van der Waals surface area contributed by atoms with Crippen LogP contribution in [0.15, 0.2) is 12.1 Å². The molecule has 70 valence electrons. The molecule has 3 heteroatoms. The Labute approximate surface area is 77.5 Å². The molecule has 3 nitrogen and oxygen atoms in total. The van der Waals surface area contributed by atoms with Gasteiger partial charge in [-0.05, 0) is 31.5 Å². The van der Waals surface area contributed by atoms with Crippen LogP contribution in [0.2, 0.25) is 0 Å². The minimum absolute atomic E-state index is 0.0152. The molecule has 1 rings (SSSR count). The van der Waals surface area contributed by atoms with Crippen LogP contribution >= 0.6 is 0 Å². The largest absolute Gasteiger partial charge is 0.495 e. The molecule has 0 radical (unpaired) electrons. The predicted octanol–water partition coefficient (Wildman–Crippen LogP) is 1.79. The Morgan fingerprint density at radius 1 is 1.46 bits per heavy atom. The average Bonchev–Trinajstić information content (AvgIpc) is 2.09. The summed E-state index contributed by atoms with van der Waals surface area (Å²) in [7, 11) is 1.54. The van der Waals surface area contributed by atoms with Crippen molar-refractivity contribution in [2.45, 2.75) is 13.8 Å². The molecule has 0 saturated carbocycles. The number of carbonyl (C=O) groups is 1. The lowest BCUT2D eigenvalue weighted by Crippen LogP contribution is -2.00. The molecule has 0 unspecified atom stereocenters. The molecule has 0 spiro atoms. The molecule has 0 fully saturated rings. The third kappa shape index (κ3) is 1.80. The SMILES string of the molecule is COc1cc(C(C)=O)cc(C)c1N. The summed E-state index contributed by atoms with van der Waals surface area (Å²) in [4.78, 5) is 11.1. The summed E-state index contributed by atoms with van der Waals surface area (Å²) in [5.74, 6) is 0.576. The highest BCUT2D eigenvalue weighted by Crippen LogP contribution is 2.26. The number of anilines is 1. The van der Waals surface area contributed by atoms with Gasteiger partial charge in [0.1, 0.15) is 5.75 Å². The van der Waals surface area contributed by atoms with E-state index in [0.717, 1.165) is 5.56 Å². The molecule has 0 bridgehead atoms. The van der Waals surface area contributed by atoms with E-state index in [1.807, 2.05) is 6.92 Å². The molecule has 0 aliphatic heterocycles. The van der Waals surface area contributed by atoms with Crippen LogP contribution in [0.4, 0.5) is 5.69 Å². The molecular weight excluding hydrogens is 166 g/mol. The fourth-order valence-corrected chi connectivity index (χ4v) is 1.14. The van der Waals surface area contributed by atoms with E-state index in [0.29, 0.717) is 17.0 Å². The van der Waals surface area contributed by atoms with Gasteiger partial charge in [-0.3, -0.25) is 4.79 Å². The highest BCUT2D eigenvalue weighted by Gasteiger charge is 2.07. The highest BCUT2D eigenvalue weighted by atomic mass is 16.5. The quantitative estimate of drug-likeness (QED) is 0.556. The monoisotopic (exact) mass is 179 g/mol. The number of methoxy groups -OCH3 is 1. The smallest absolute Gasteiger partial charge is 0.159 e. The molecule has 1 aromatic rings. The maximum absolute atomic E-state index is 11.1. The van der Waals surface area contributed by atoms with Crippen LogP contribution in [0.25, 0.3) is 0 Å². The number of benzene rings is 1. The minimum Gasteiger partial charge on any atom is -0.495 e. The number of hydrogen-bond donors (Lipinski definition) is 1. The number of ketones is 1. The number of aryl methyl sites for hydroxylation is 1. The zero-order valence-corrected chi connectivity index (χ0v) is 8.05. The molecule has 2 N–H and O–H groups in total. The van der Waals surface area contributed by atoms with Crippen molar-refractivity contribution >= 4 is 11.5 Å². The number of Topliss-reactive ketones (excluding diaryl/α,β-unsaturated/α-hetero) is 1. The molecule has 1 aromatic carbocycles. The van der Waals surface area contributed by atoms with Gasteiger partial charge in [-0.25, -0.2) is 0 Å². The summed E-state index contributed by atoms with van der Waals surface area (Å²) < 4.78 is 5.04. The first-order chi connectivity index (χ1) is 6.06. The number of rotatable bonds is 2. The molecule has 0 aliphatic carbocycles. The van der Waals surface area contributed by atoms with Crippen molar-refractivity contribution in [3.8, 4) is 5.75 Å². The zero-order chi connectivity index (χ0) is 10.0. The molecule has 0 atom stereocenters. The topological polar surface area (TPSA) is 52.3 Å². The van der Waals surface area contributed by atoms with E-state index in [4.69, 9.17) is 10.5 Å². The summed E-state index contributed by atoms with van der Waals surface area (Å²) >= 11 is 0. The second-order valence-corrected chi connectivity index (χ2v) is 2.97. The van der Waals surface area contributed by atoms with E-state index in [-0.39, 0.29) is 5.78 Å². The maximum Gasteiger partial charge on any atom is 0.159 e. The van der Waals surface area contributed by atoms with E-state index in [9.17, 15) is 4.79 Å². The van der Waals surface area contributed by atoms with Gasteiger partial charge in [0.25, 0.3) is 0 Å². The van der Waals surface area contributed by atoms with E-state index in [1.54, 1.807) is 12.1 Å². The van der Waals surface area contributed by atoms with E-state index in [2.05, 4.69) is 0 Å². The van der Waals surface area contributed by atoms with E-state index < -0.39 is 0 Å². The Kier molecular flexibility index (Phi) is 2.56. The van der Waals surface area contributed by atoms with Gasteiger partial charge in [0.05, 0.1) is 12.8 Å². The van der Waals surface area contributed by atoms with Crippen LogP contribution in [0.3, 0.4) is 0 Å². The Bertz CT molecular complexity index is 345. The molecule has 13 heavy (non-hydrogen) atoms. The summed E-state index contributed by atoms with van der Waals surface area (Å²) in [5, 5.41) is 0. The number of nitrogens with two attached hydrogens (primary N) is 1. The summed E-state index contributed by atoms with van der Waals surface area (Å²) in [6, 6.07) is 3.42. The minimum atomic E-state index is 0.0152. The van der Waals surface area contributed by atoms with Gasteiger partial charge in [-0.1, -0.05) is 0 Å². The number of hydrogen-bond acceptors (Lipinski definition) is 3. The van der Waals surface area contributed by atoms with Crippen molar-refractivity contribution in [1.29, 1.82) is 0 Å². The Balaban J connectivity index is 3.30. The molecule has 0 aromatic heterocycles. The van der Waals surface area contributed by atoms with Crippen molar-refractivity contribution in [3.05, 3.63) is 23.3 Å². The first-order valence-electron chi connectivity index (χ1n) is 4.01. The second kappa shape index (κ2) is 3.47. The maximum atomic E-state index is 11.1. The number of nitrogen functional groups attached to an aromatic ring is 1. The zero-order valence-electron chi connectivity index (χ0n) is 8.05. The van der Waals surface area contributed by atoms with Crippen LogP contribution in [-0.4, -0.2) is 12.9 Å². The van der Waals surface area contributed by atoms with Crippen LogP contribution in [-0.2, 0) is 0 Å². The van der Waals surface area contributed by atoms with Crippen LogP contribution in [0.1, 0.15) is 22.8 Å². The lowest BCUT2D eigenvalue weighted by molar-refractivity contribution is 0.101. The van der Waals surface area contributed by atoms with Crippen molar-refractivity contribution in [2.75, 3.05) is 12.8 Å². The first-order valence-corrected chi connectivity index (χ1v) is 4.01. The molecular formula is C10H13NO2. The lowest BCUT2D eigenvalue weighted by Gasteiger charge is -2.08. The van der Waals surface area contributed by atoms with Crippen molar-refractivity contribution < 1.29 is 9.53 Å². The number of carbonyl (C=O) groups excluding carboxylic acids is 1. The average molecular weight is 179 g/mol. The summed E-state index contributed by atoms with van der Waals surface area (Å²) in [6.07, 6.45) is 0. The van der Waals surface area contributed by atoms with Gasteiger partial charge in [0, 0.05) is 5.56 Å².